The number of allylic oxidation sites excluding steroid dienone is 2. The van der Waals surface area contributed by atoms with Crippen LogP contribution >= 0.6 is 0 Å². The maximum absolute atomic E-state index is 13.9. The number of nitrogens with one attached hydrogen (secondary N) is 1. The molecule has 2 amide bonds. The summed E-state index contributed by atoms with van der Waals surface area (Å²) in [6.45, 7) is 5.68. The minimum atomic E-state index is -0.927. The standard InChI is InChI=1S/C30H38N4O7/c1-30(2,3)25-27(35)34-16-19(15-23(34)28(36)39-5)40-26-21(31-20-12-11-18(38-4)14-22(20)32-26)10-8-6-7-9-17-13-24(17)41-29(37)33-25/h6,8,11-12,14,17,19,23-25H,7,9-10,13,15-16H2,1-5H3,(H,33,37)/b8-6+/t17?,19-,23+,24-,25-/m1/s1. The van der Waals surface area contributed by atoms with Crippen molar-refractivity contribution in [1.82, 2.24) is 20.2 Å². The number of rotatable bonds is 2. The minimum absolute atomic E-state index is 0.111. The van der Waals surface area contributed by atoms with Gasteiger partial charge in [0.25, 0.3) is 0 Å². The fourth-order valence-corrected chi connectivity index (χ4v) is 5.45. The Bertz CT molecular complexity index is 1350. The van der Waals surface area contributed by atoms with Crippen LogP contribution in [0.5, 0.6) is 11.6 Å². The van der Waals surface area contributed by atoms with Crippen LogP contribution in [-0.2, 0) is 25.5 Å². The van der Waals surface area contributed by atoms with Gasteiger partial charge in [-0.05, 0) is 42.7 Å². The molecular formula is C30H38N4O7. The summed E-state index contributed by atoms with van der Waals surface area (Å²) in [5, 5.41) is 2.78. The van der Waals surface area contributed by atoms with Crippen molar-refractivity contribution in [2.75, 3.05) is 20.8 Å². The Hall–Kier alpha value is -3.89. The quantitative estimate of drug-likeness (QED) is 0.428. The van der Waals surface area contributed by atoms with Crippen molar-refractivity contribution < 1.29 is 33.3 Å². The molecular weight excluding hydrogens is 528 g/mol. The molecule has 1 aromatic heterocycles. The number of fused-ring (bicyclic) bond motifs is 5. The number of alkyl carbamates (subject to hydrolysis) is 1. The van der Waals surface area contributed by atoms with Gasteiger partial charge in [0.1, 0.15) is 35.7 Å². The van der Waals surface area contributed by atoms with Gasteiger partial charge in [-0.3, -0.25) is 4.79 Å². The molecule has 0 spiro atoms. The van der Waals surface area contributed by atoms with Crippen molar-refractivity contribution in [1.29, 1.82) is 0 Å². The number of benzene rings is 1. The van der Waals surface area contributed by atoms with Crippen LogP contribution in [0.3, 0.4) is 0 Å². The van der Waals surface area contributed by atoms with Gasteiger partial charge < -0.3 is 29.2 Å². The molecule has 2 aliphatic heterocycles. The van der Waals surface area contributed by atoms with Gasteiger partial charge in [0.2, 0.25) is 11.8 Å². The average molecular weight is 567 g/mol. The highest BCUT2D eigenvalue weighted by molar-refractivity contribution is 5.91. The van der Waals surface area contributed by atoms with E-state index in [1.54, 1.807) is 13.2 Å². The van der Waals surface area contributed by atoms with E-state index in [4.69, 9.17) is 28.9 Å². The molecule has 5 rings (SSSR count). The van der Waals surface area contributed by atoms with Gasteiger partial charge in [0.15, 0.2) is 0 Å². The van der Waals surface area contributed by atoms with E-state index in [1.807, 2.05) is 39.0 Å². The first-order chi connectivity index (χ1) is 19.6. The van der Waals surface area contributed by atoms with E-state index in [0.29, 0.717) is 34.8 Å². The summed E-state index contributed by atoms with van der Waals surface area (Å²) in [7, 11) is 2.88. The lowest BCUT2D eigenvalue weighted by atomic mass is 9.85. The number of esters is 1. The van der Waals surface area contributed by atoms with Gasteiger partial charge in [-0.15, -0.1) is 0 Å². The highest BCUT2D eigenvalue weighted by Crippen LogP contribution is 2.38. The predicted octanol–water partition coefficient (Wildman–Crippen LogP) is 3.58. The number of methoxy groups -OCH3 is 2. The number of amides is 2. The van der Waals surface area contributed by atoms with Crippen LogP contribution in [0.2, 0.25) is 0 Å². The summed E-state index contributed by atoms with van der Waals surface area (Å²) in [4.78, 5) is 50.6. The van der Waals surface area contributed by atoms with E-state index < -0.39 is 41.6 Å². The van der Waals surface area contributed by atoms with Crippen molar-refractivity contribution in [2.24, 2.45) is 11.3 Å². The summed E-state index contributed by atoms with van der Waals surface area (Å²) in [6.07, 6.45) is 6.01. The van der Waals surface area contributed by atoms with Crippen LogP contribution in [-0.4, -0.2) is 77.9 Å². The zero-order chi connectivity index (χ0) is 29.3. The van der Waals surface area contributed by atoms with Crippen molar-refractivity contribution in [2.45, 2.75) is 77.2 Å². The Morgan fingerprint density at radius 2 is 1.88 bits per heavy atom. The van der Waals surface area contributed by atoms with Crippen LogP contribution in [0, 0.1) is 11.3 Å². The molecule has 41 heavy (non-hydrogen) atoms. The van der Waals surface area contributed by atoms with Gasteiger partial charge in [0.05, 0.1) is 31.8 Å². The smallest absolute Gasteiger partial charge is 0.408 e. The van der Waals surface area contributed by atoms with E-state index in [-0.39, 0.29) is 25.0 Å². The fourth-order valence-electron chi connectivity index (χ4n) is 5.45. The Kier molecular flexibility index (Phi) is 8.06. The first-order valence-electron chi connectivity index (χ1n) is 14.1. The largest absolute Gasteiger partial charge is 0.497 e. The number of hydrogen-bond acceptors (Lipinski definition) is 9. The van der Waals surface area contributed by atoms with Gasteiger partial charge in [-0.1, -0.05) is 32.9 Å². The number of aromatic nitrogens is 2. The summed E-state index contributed by atoms with van der Waals surface area (Å²) < 4.78 is 22.4. The molecule has 11 heteroatoms. The van der Waals surface area contributed by atoms with Gasteiger partial charge in [-0.25, -0.2) is 19.6 Å². The number of ether oxygens (including phenoxy) is 4. The molecule has 3 aliphatic rings. The monoisotopic (exact) mass is 566 g/mol. The number of nitrogens with zero attached hydrogens (tertiary/aromatic N) is 3. The van der Waals surface area contributed by atoms with Gasteiger partial charge in [-0.2, -0.15) is 0 Å². The van der Waals surface area contributed by atoms with Gasteiger partial charge >= 0.3 is 12.1 Å². The first-order valence-corrected chi connectivity index (χ1v) is 14.1. The van der Waals surface area contributed by atoms with E-state index in [0.717, 1.165) is 19.3 Å². The molecule has 2 fully saturated rings. The normalized spacial score (nSPS) is 27.7. The lowest BCUT2D eigenvalue weighted by Crippen LogP contribution is -2.57. The molecule has 5 atom stereocenters. The third kappa shape index (κ3) is 6.39. The summed E-state index contributed by atoms with van der Waals surface area (Å²) >= 11 is 0. The van der Waals surface area contributed by atoms with Crippen molar-refractivity contribution in [3.8, 4) is 11.6 Å². The Morgan fingerprint density at radius 3 is 2.61 bits per heavy atom. The Labute approximate surface area is 239 Å². The van der Waals surface area contributed by atoms with Crippen molar-refractivity contribution in [3.63, 3.8) is 0 Å². The van der Waals surface area contributed by atoms with Gasteiger partial charge in [0, 0.05) is 18.9 Å². The molecule has 1 unspecified atom stereocenters. The topological polar surface area (TPSA) is 129 Å². The maximum atomic E-state index is 13.9. The van der Waals surface area contributed by atoms with Crippen LogP contribution in [0.4, 0.5) is 4.79 Å². The van der Waals surface area contributed by atoms with Crippen LogP contribution in [0.15, 0.2) is 30.4 Å². The van der Waals surface area contributed by atoms with Crippen LogP contribution in [0.25, 0.3) is 11.0 Å². The first kappa shape index (κ1) is 28.6. The Morgan fingerprint density at radius 1 is 1.07 bits per heavy atom. The molecule has 1 saturated carbocycles. The molecule has 1 saturated heterocycles. The molecule has 2 bridgehead atoms. The molecule has 220 valence electrons. The summed E-state index contributed by atoms with van der Waals surface area (Å²) in [6, 6.07) is 3.67. The second-order valence-corrected chi connectivity index (χ2v) is 12.0. The van der Waals surface area contributed by atoms with E-state index in [2.05, 4.69) is 11.4 Å². The molecule has 1 N–H and O–H groups in total. The van der Waals surface area contributed by atoms with E-state index in [9.17, 15) is 14.4 Å². The molecule has 1 aromatic carbocycles. The third-order valence-corrected chi connectivity index (χ3v) is 7.88. The summed E-state index contributed by atoms with van der Waals surface area (Å²) in [5.41, 5.74) is 1.33. The number of carbonyl (C=O) groups is 3. The molecule has 11 nitrogen and oxygen atoms in total. The van der Waals surface area contributed by atoms with Crippen LogP contribution in [0.1, 0.15) is 52.1 Å². The molecule has 2 aromatic rings. The highest BCUT2D eigenvalue weighted by Gasteiger charge is 2.47. The minimum Gasteiger partial charge on any atom is -0.497 e. The molecule has 0 radical (unpaired) electrons. The fraction of sp³-hybridized carbons (Fsp3) is 0.567. The highest BCUT2D eigenvalue weighted by atomic mass is 16.6. The Balaban J connectivity index is 1.51. The van der Waals surface area contributed by atoms with E-state index >= 15 is 0 Å². The molecule has 3 heterocycles. The number of carbonyl (C=O) groups excluding carboxylic acids is 3. The summed E-state index contributed by atoms with van der Waals surface area (Å²) in [5.74, 6) is 0.319. The zero-order valence-electron chi connectivity index (χ0n) is 24.2. The lowest BCUT2D eigenvalue weighted by molar-refractivity contribution is -0.152. The second kappa shape index (κ2) is 11.5. The van der Waals surface area contributed by atoms with E-state index in [1.165, 1.54) is 12.0 Å². The zero-order valence-corrected chi connectivity index (χ0v) is 24.2. The van der Waals surface area contributed by atoms with Crippen molar-refractivity contribution >= 4 is 29.0 Å². The predicted molar refractivity (Wildman–Crippen MR) is 149 cm³/mol. The van der Waals surface area contributed by atoms with Crippen LogP contribution < -0.4 is 14.8 Å². The second-order valence-electron chi connectivity index (χ2n) is 12.0. The average Bonchev–Trinajstić information content (AvgIpc) is 3.53. The van der Waals surface area contributed by atoms with Crippen molar-refractivity contribution in [3.05, 3.63) is 36.0 Å². The SMILES string of the molecule is COC(=O)[C@@H]1C[C@@H]2CN1C(=O)[C@H](C(C)(C)C)NC(=O)O[C@@H]1CC1CC/C=C/Cc1nc3ccc(OC)cc3nc1O2. The molecule has 1 aliphatic carbocycles. The maximum Gasteiger partial charge on any atom is 0.408 e. The number of hydrogen-bond donors (Lipinski definition) is 1. The third-order valence-electron chi connectivity index (χ3n) is 7.88. The lowest BCUT2D eigenvalue weighted by Gasteiger charge is -2.34.